The topological polar surface area (TPSA) is 57.5 Å². The van der Waals surface area contributed by atoms with Gasteiger partial charge in [0.25, 0.3) is 0 Å². The Labute approximate surface area is 83.0 Å². The van der Waals surface area contributed by atoms with Gasteiger partial charge >= 0.3 is 0 Å². The highest BCUT2D eigenvalue weighted by Crippen LogP contribution is 2.21. The van der Waals surface area contributed by atoms with Gasteiger partial charge in [-0.3, -0.25) is 4.79 Å². The summed E-state index contributed by atoms with van der Waals surface area (Å²) in [5, 5.41) is 18.3. The van der Waals surface area contributed by atoms with Crippen LogP contribution in [-0.4, -0.2) is 16.0 Å². The molecule has 0 aliphatic carbocycles. The molecule has 0 saturated heterocycles. The predicted molar refractivity (Wildman–Crippen MR) is 53.4 cm³/mol. The van der Waals surface area contributed by atoms with E-state index in [0.29, 0.717) is 19.3 Å². The molecular formula is C11H14O3. The van der Waals surface area contributed by atoms with Gasteiger partial charge in [-0.05, 0) is 24.1 Å². The van der Waals surface area contributed by atoms with E-state index >= 15 is 0 Å². The molecule has 0 atom stereocenters. The van der Waals surface area contributed by atoms with Crippen LogP contribution in [-0.2, 0) is 11.2 Å². The normalized spacial score (nSPS) is 10.1. The number of ketones is 1. The maximum Gasteiger partial charge on any atom is 0.132 e. The minimum atomic E-state index is 0.0314. The first-order valence-corrected chi connectivity index (χ1v) is 4.65. The van der Waals surface area contributed by atoms with Crippen molar-refractivity contribution in [1.29, 1.82) is 0 Å². The van der Waals surface area contributed by atoms with Crippen LogP contribution < -0.4 is 0 Å². The molecule has 1 rings (SSSR count). The highest BCUT2D eigenvalue weighted by Gasteiger charge is 2.02. The van der Waals surface area contributed by atoms with E-state index in [0.717, 1.165) is 5.56 Å². The fourth-order valence-corrected chi connectivity index (χ4v) is 1.26. The first kappa shape index (κ1) is 10.6. The Morgan fingerprint density at radius 3 is 2.29 bits per heavy atom. The van der Waals surface area contributed by atoms with Gasteiger partial charge in [-0.2, -0.15) is 0 Å². The quantitative estimate of drug-likeness (QED) is 0.770. The number of carbonyl (C=O) groups excluding carboxylic acids is 1. The van der Waals surface area contributed by atoms with Crippen LogP contribution in [0, 0.1) is 0 Å². The number of benzene rings is 1. The Balaban J connectivity index is 2.63. The maximum absolute atomic E-state index is 11.0. The molecule has 0 amide bonds. The molecule has 0 unspecified atom stereocenters. The van der Waals surface area contributed by atoms with Crippen molar-refractivity contribution in [2.24, 2.45) is 0 Å². The minimum Gasteiger partial charge on any atom is -0.508 e. The summed E-state index contributed by atoms with van der Waals surface area (Å²) in [6.45, 7) is 1.82. The van der Waals surface area contributed by atoms with Crippen LogP contribution in [0.3, 0.4) is 0 Å². The van der Waals surface area contributed by atoms with Crippen LogP contribution in [0.4, 0.5) is 0 Å². The zero-order valence-corrected chi connectivity index (χ0v) is 8.16. The molecule has 0 fully saturated rings. The number of Topliss-reactive ketones (excluding diaryl/α,β-unsaturated/α-hetero) is 1. The Morgan fingerprint density at radius 2 is 1.79 bits per heavy atom. The third kappa shape index (κ3) is 3.09. The lowest BCUT2D eigenvalue weighted by atomic mass is 10.1. The predicted octanol–water partition coefficient (Wildman–Crippen LogP) is 2.01. The van der Waals surface area contributed by atoms with E-state index in [1.54, 1.807) is 12.1 Å². The summed E-state index contributed by atoms with van der Waals surface area (Å²) in [6.07, 6.45) is 1.55. The molecule has 3 nitrogen and oxygen atoms in total. The first-order chi connectivity index (χ1) is 6.61. The second kappa shape index (κ2) is 4.65. The van der Waals surface area contributed by atoms with E-state index in [2.05, 4.69) is 0 Å². The monoisotopic (exact) mass is 194 g/mol. The standard InChI is InChI=1S/C11H14O3/c1-2-9(12)4-3-8-5-10(13)7-11(14)6-8/h5-7,13-14H,2-4H2,1H3. The Hall–Kier alpha value is -1.51. The number of aromatic hydroxyl groups is 2. The lowest BCUT2D eigenvalue weighted by molar-refractivity contribution is -0.118. The Morgan fingerprint density at radius 1 is 1.21 bits per heavy atom. The van der Waals surface area contributed by atoms with Crippen molar-refractivity contribution < 1.29 is 15.0 Å². The van der Waals surface area contributed by atoms with Gasteiger partial charge in [-0.1, -0.05) is 6.92 Å². The molecule has 0 spiro atoms. The van der Waals surface area contributed by atoms with E-state index < -0.39 is 0 Å². The largest absolute Gasteiger partial charge is 0.508 e. The Kier molecular flexibility index (Phi) is 3.51. The molecule has 3 heteroatoms. The van der Waals surface area contributed by atoms with Crippen molar-refractivity contribution in [2.45, 2.75) is 26.2 Å². The summed E-state index contributed by atoms with van der Waals surface area (Å²) in [5.74, 6) is 0.251. The molecule has 2 N–H and O–H groups in total. The molecule has 14 heavy (non-hydrogen) atoms. The molecule has 76 valence electrons. The van der Waals surface area contributed by atoms with Crippen LogP contribution >= 0.6 is 0 Å². The summed E-state index contributed by atoms with van der Waals surface area (Å²) in [7, 11) is 0. The van der Waals surface area contributed by atoms with Gasteiger partial charge in [0, 0.05) is 18.9 Å². The third-order valence-corrected chi connectivity index (χ3v) is 2.05. The van der Waals surface area contributed by atoms with Crippen LogP contribution in [0.15, 0.2) is 18.2 Å². The van der Waals surface area contributed by atoms with Crippen molar-refractivity contribution in [3.05, 3.63) is 23.8 Å². The van der Waals surface area contributed by atoms with Gasteiger partial charge in [0.15, 0.2) is 0 Å². The van der Waals surface area contributed by atoms with Crippen molar-refractivity contribution in [1.82, 2.24) is 0 Å². The summed E-state index contributed by atoms with van der Waals surface area (Å²) in [6, 6.07) is 4.39. The molecule has 1 aromatic carbocycles. The van der Waals surface area contributed by atoms with Gasteiger partial charge in [-0.25, -0.2) is 0 Å². The molecule has 0 aromatic heterocycles. The average Bonchev–Trinajstić information content (AvgIpc) is 2.12. The van der Waals surface area contributed by atoms with Crippen LogP contribution in [0.25, 0.3) is 0 Å². The summed E-state index contributed by atoms with van der Waals surface area (Å²) in [4.78, 5) is 11.0. The highest BCUT2D eigenvalue weighted by molar-refractivity contribution is 5.78. The molecular weight excluding hydrogens is 180 g/mol. The zero-order chi connectivity index (χ0) is 10.6. The van der Waals surface area contributed by atoms with Crippen molar-refractivity contribution in [3.63, 3.8) is 0 Å². The van der Waals surface area contributed by atoms with E-state index in [1.807, 2.05) is 6.92 Å². The lowest BCUT2D eigenvalue weighted by Crippen LogP contribution is -1.97. The van der Waals surface area contributed by atoms with E-state index in [9.17, 15) is 15.0 Å². The molecule has 0 saturated carbocycles. The van der Waals surface area contributed by atoms with Crippen molar-refractivity contribution in [2.75, 3.05) is 0 Å². The summed E-state index contributed by atoms with van der Waals surface area (Å²) < 4.78 is 0. The van der Waals surface area contributed by atoms with Crippen molar-refractivity contribution >= 4 is 5.78 Å². The second-order valence-electron chi connectivity index (χ2n) is 3.25. The van der Waals surface area contributed by atoms with Gasteiger partial charge in [0.05, 0.1) is 0 Å². The van der Waals surface area contributed by atoms with Crippen LogP contribution in [0.5, 0.6) is 11.5 Å². The van der Waals surface area contributed by atoms with Gasteiger partial charge in [0.1, 0.15) is 17.3 Å². The fraction of sp³-hybridized carbons (Fsp3) is 0.364. The number of hydrogen-bond acceptors (Lipinski definition) is 3. The SMILES string of the molecule is CCC(=O)CCc1cc(O)cc(O)c1. The van der Waals surface area contributed by atoms with Gasteiger partial charge < -0.3 is 10.2 Å². The van der Waals surface area contributed by atoms with E-state index in [-0.39, 0.29) is 17.3 Å². The van der Waals surface area contributed by atoms with Gasteiger partial charge in [0.2, 0.25) is 0 Å². The van der Waals surface area contributed by atoms with Crippen molar-refractivity contribution in [3.8, 4) is 11.5 Å². The van der Waals surface area contributed by atoms with Gasteiger partial charge in [-0.15, -0.1) is 0 Å². The highest BCUT2D eigenvalue weighted by atomic mass is 16.3. The minimum absolute atomic E-state index is 0.0314. The molecule has 1 aromatic rings. The third-order valence-electron chi connectivity index (χ3n) is 2.05. The average molecular weight is 194 g/mol. The summed E-state index contributed by atoms with van der Waals surface area (Å²) in [5.41, 5.74) is 0.782. The summed E-state index contributed by atoms with van der Waals surface area (Å²) >= 11 is 0. The second-order valence-corrected chi connectivity index (χ2v) is 3.25. The number of rotatable bonds is 4. The van der Waals surface area contributed by atoms with Crippen LogP contribution in [0.2, 0.25) is 0 Å². The number of phenolic OH excluding ortho intramolecular Hbond substituents is 2. The number of hydrogen-bond donors (Lipinski definition) is 2. The molecule has 0 bridgehead atoms. The number of aryl methyl sites for hydroxylation is 1. The molecule has 0 aliphatic rings. The fourth-order valence-electron chi connectivity index (χ4n) is 1.26. The lowest BCUT2D eigenvalue weighted by Gasteiger charge is -2.02. The van der Waals surface area contributed by atoms with E-state index in [4.69, 9.17) is 0 Å². The maximum atomic E-state index is 11.0. The molecule has 0 radical (unpaired) electrons. The number of carbonyl (C=O) groups is 1. The van der Waals surface area contributed by atoms with E-state index in [1.165, 1.54) is 6.07 Å². The smallest absolute Gasteiger partial charge is 0.132 e. The Bertz CT molecular complexity index is 311. The number of phenols is 2. The first-order valence-electron chi connectivity index (χ1n) is 4.65. The zero-order valence-electron chi connectivity index (χ0n) is 8.16. The molecule has 0 aliphatic heterocycles. The molecule has 0 heterocycles. The van der Waals surface area contributed by atoms with Crippen LogP contribution in [0.1, 0.15) is 25.3 Å².